The zero-order valence-corrected chi connectivity index (χ0v) is 11.7. The molecule has 1 aromatic carbocycles. The number of ketones is 1. The molecule has 0 radical (unpaired) electrons. The minimum absolute atomic E-state index is 0.0244. The van der Waals surface area contributed by atoms with Crippen molar-refractivity contribution < 1.29 is 13.2 Å². The maximum atomic E-state index is 11.8. The van der Waals surface area contributed by atoms with Crippen molar-refractivity contribution in [3.8, 4) is 0 Å². The third kappa shape index (κ3) is 4.31. The van der Waals surface area contributed by atoms with Gasteiger partial charge >= 0.3 is 0 Å². The summed E-state index contributed by atoms with van der Waals surface area (Å²) in [5, 5.41) is 0.380. The van der Waals surface area contributed by atoms with Gasteiger partial charge in [-0.3, -0.25) is 4.79 Å². The van der Waals surface area contributed by atoms with E-state index in [0.717, 1.165) is 0 Å². The number of hydrogen-bond acceptors (Lipinski definition) is 4. The van der Waals surface area contributed by atoms with Crippen molar-refractivity contribution in [2.45, 2.75) is 19.8 Å². The van der Waals surface area contributed by atoms with Crippen molar-refractivity contribution >= 4 is 32.9 Å². The summed E-state index contributed by atoms with van der Waals surface area (Å²) in [7, 11) is -3.13. The Hall–Kier alpha value is -1.07. The fourth-order valence-corrected chi connectivity index (χ4v) is 2.96. The number of nitrogens with two attached hydrogens (primary N) is 1. The number of nitrogen functional groups attached to an aromatic ring is 1. The molecule has 0 spiro atoms. The molecule has 0 atom stereocenters. The predicted molar refractivity (Wildman–Crippen MR) is 73.8 cm³/mol. The molecule has 0 saturated carbocycles. The van der Waals surface area contributed by atoms with Gasteiger partial charge in [0.1, 0.15) is 0 Å². The Morgan fingerprint density at radius 3 is 2.56 bits per heavy atom. The number of Topliss-reactive ketones (excluding diaryl/α,β-unsaturated/α-hetero) is 1. The van der Waals surface area contributed by atoms with E-state index in [0.29, 0.717) is 22.7 Å². The van der Waals surface area contributed by atoms with E-state index < -0.39 is 9.84 Å². The monoisotopic (exact) mass is 289 g/mol. The van der Waals surface area contributed by atoms with Crippen molar-refractivity contribution in [2.24, 2.45) is 0 Å². The smallest absolute Gasteiger partial charge is 0.163 e. The van der Waals surface area contributed by atoms with Crippen LogP contribution in [0.5, 0.6) is 0 Å². The van der Waals surface area contributed by atoms with Gasteiger partial charge in [-0.15, -0.1) is 0 Å². The van der Waals surface area contributed by atoms with E-state index in [1.54, 1.807) is 13.0 Å². The van der Waals surface area contributed by atoms with Gasteiger partial charge in [-0.1, -0.05) is 18.5 Å². The Balaban J connectivity index is 2.69. The number of hydrogen-bond donors (Lipinski definition) is 1. The predicted octanol–water partition coefficient (Wildman–Crippen LogP) is 2.32. The van der Waals surface area contributed by atoms with Crippen molar-refractivity contribution in [1.29, 1.82) is 0 Å². The molecular formula is C12H16ClNO3S. The van der Waals surface area contributed by atoms with E-state index in [4.69, 9.17) is 17.3 Å². The lowest BCUT2D eigenvalue weighted by Crippen LogP contribution is -2.14. The lowest BCUT2D eigenvalue weighted by molar-refractivity contribution is 0.0989. The van der Waals surface area contributed by atoms with Crippen molar-refractivity contribution in [1.82, 2.24) is 0 Å². The van der Waals surface area contributed by atoms with E-state index in [1.165, 1.54) is 12.1 Å². The van der Waals surface area contributed by atoms with Crippen LogP contribution in [0.1, 0.15) is 30.1 Å². The molecule has 0 aromatic heterocycles. The average Bonchev–Trinajstić information content (AvgIpc) is 2.30. The fourth-order valence-electron chi connectivity index (χ4n) is 1.52. The Kier molecular flexibility index (Phi) is 5.16. The van der Waals surface area contributed by atoms with Crippen molar-refractivity contribution in [2.75, 3.05) is 17.2 Å². The molecule has 0 aliphatic carbocycles. The van der Waals surface area contributed by atoms with Crippen LogP contribution in [0.25, 0.3) is 0 Å². The fraction of sp³-hybridized carbons (Fsp3) is 0.417. The van der Waals surface area contributed by atoms with Gasteiger partial charge in [0, 0.05) is 17.7 Å². The average molecular weight is 290 g/mol. The van der Waals surface area contributed by atoms with Crippen LogP contribution >= 0.6 is 11.6 Å². The largest absolute Gasteiger partial charge is 0.398 e. The normalized spacial score (nSPS) is 11.4. The molecule has 0 heterocycles. The third-order valence-electron chi connectivity index (χ3n) is 2.47. The first-order chi connectivity index (χ1) is 8.35. The van der Waals surface area contributed by atoms with E-state index in [-0.39, 0.29) is 23.7 Å². The van der Waals surface area contributed by atoms with Crippen LogP contribution in [-0.2, 0) is 9.84 Å². The molecule has 0 fully saturated rings. The zero-order valence-electron chi connectivity index (χ0n) is 10.1. The first-order valence-electron chi connectivity index (χ1n) is 5.64. The van der Waals surface area contributed by atoms with E-state index in [2.05, 4.69) is 0 Å². The van der Waals surface area contributed by atoms with E-state index in [1.807, 2.05) is 0 Å². The van der Waals surface area contributed by atoms with Gasteiger partial charge in [0.05, 0.1) is 16.5 Å². The summed E-state index contributed by atoms with van der Waals surface area (Å²) in [5.74, 6) is -0.247. The number of carbonyl (C=O) groups excluding carboxylic acids is 1. The second-order valence-electron chi connectivity index (χ2n) is 4.06. The Morgan fingerprint density at radius 1 is 1.33 bits per heavy atom. The summed E-state index contributed by atoms with van der Waals surface area (Å²) in [6, 6.07) is 4.55. The number of anilines is 1. The number of benzene rings is 1. The summed E-state index contributed by atoms with van der Waals surface area (Å²) in [6.45, 7) is 1.79. The van der Waals surface area contributed by atoms with Gasteiger partial charge in [-0.2, -0.15) is 0 Å². The van der Waals surface area contributed by atoms with Crippen molar-refractivity contribution in [3.05, 3.63) is 28.8 Å². The molecule has 4 nitrogen and oxygen atoms in total. The molecule has 0 aliphatic rings. The molecule has 2 N–H and O–H groups in total. The standard InChI is InChI=1S/C12H16ClNO3S/c1-2-6-18(16,17)7-5-12(15)9-3-4-10(13)11(14)8-9/h3-4,8H,2,5-7,14H2,1H3. The molecule has 0 aliphatic heterocycles. The van der Waals surface area contributed by atoms with Crippen LogP contribution in [0.15, 0.2) is 18.2 Å². The Labute approximate surface area is 112 Å². The molecule has 0 bridgehead atoms. The van der Waals surface area contributed by atoms with Crippen LogP contribution < -0.4 is 5.73 Å². The zero-order chi connectivity index (χ0) is 13.8. The number of halogens is 1. The molecular weight excluding hydrogens is 274 g/mol. The Morgan fingerprint density at radius 2 is 2.00 bits per heavy atom. The molecule has 6 heteroatoms. The second-order valence-corrected chi connectivity index (χ2v) is 6.77. The number of carbonyl (C=O) groups is 1. The van der Waals surface area contributed by atoms with Gasteiger partial charge in [0.25, 0.3) is 0 Å². The second kappa shape index (κ2) is 6.20. The first kappa shape index (κ1) is 15.0. The van der Waals surface area contributed by atoms with Crippen LogP contribution in [0.3, 0.4) is 0 Å². The molecule has 0 saturated heterocycles. The Bertz CT molecular complexity index is 540. The van der Waals surface area contributed by atoms with Crippen LogP contribution in [0.2, 0.25) is 5.02 Å². The quantitative estimate of drug-likeness (QED) is 0.644. The summed E-state index contributed by atoms with van der Waals surface area (Å²) in [4.78, 5) is 11.8. The van der Waals surface area contributed by atoms with Crippen LogP contribution in [0, 0.1) is 0 Å². The summed E-state index contributed by atoms with van der Waals surface area (Å²) >= 11 is 5.74. The highest BCUT2D eigenvalue weighted by Gasteiger charge is 2.14. The first-order valence-corrected chi connectivity index (χ1v) is 7.84. The molecule has 0 amide bonds. The SMILES string of the molecule is CCCS(=O)(=O)CCC(=O)c1ccc(Cl)c(N)c1. The highest BCUT2D eigenvalue weighted by Crippen LogP contribution is 2.20. The lowest BCUT2D eigenvalue weighted by atomic mass is 10.1. The number of sulfone groups is 1. The summed E-state index contributed by atoms with van der Waals surface area (Å²) < 4.78 is 23.0. The summed E-state index contributed by atoms with van der Waals surface area (Å²) in [5.41, 5.74) is 6.30. The van der Waals surface area contributed by atoms with Crippen LogP contribution in [0.4, 0.5) is 5.69 Å². The van der Waals surface area contributed by atoms with Gasteiger partial charge in [-0.25, -0.2) is 8.42 Å². The highest BCUT2D eigenvalue weighted by molar-refractivity contribution is 7.91. The maximum absolute atomic E-state index is 11.8. The molecule has 100 valence electrons. The highest BCUT2D eigenvalue weighted by atomic mass is 35.5. The lowest BCUT2D eigenvalue weighted by Gasteiger charge is -2.04. The van der Waals surface area contributed by atoms with Gasteiger partial charge in [-0.05, 0) is 24.6 Å². The van der Waals surface area contributed by atoms with E-state index >= 15 is 0 Å². The third-order valence-corrected chi connectivity index (χ3v) is 4.67. The van der Waals surface area contributed by atoms with Gasteiger partial charge in [0.15, 0.2) is 15.6 Å². The molecule has 0 unspecified atom stereocenters. The van der Waals surface area contributed by atoms with Gasteiger partial charge < -0.3 is 5.73 Å². The van der Waals surface area contributed by atoms with Crippen molar-refractivity contribution in [3.63, 3.8) is 0 Å². The molecule has 1 aromatic rings. The summed E-state index contributed by atoms with van der Waals surface area (Å²) in [6.07, 6.45) is 0.536. The topological polar surface area (TPSA) is 77.2 Å². The molecule has 18 heavy (non-hydrogen) atoms. The number of rotatable bonds is 6. The van der Waals surface area contributed by atoms with E-state index in [9.17, 15) is 13.2 Å². The minimum atomic E-state index is -3.13. The van der Waals surface area contributed by atoms with Gasteiger partial charge in [0.2, 0.25) is 0 Å². The maximum Gasteiger partial charge on any atom is 0.163 e. The molecule has 1 rings (SSSR count). The minimum Gasteiger partial charge on any atom is -0.398 e. The van der Waals surface area contributed by atoms with Crippen LogP contribution in [-0.4, -0.2) is 25.7 Å².